The Balaban J connectivity index is 1.73. The van der Waals surface area contributed by atoms with Gasteiger partial charge in [-0.1, -0.05) is 12.1 Å². The average Bonchev–Trinajstić information content (AvgIpc) is 3.26. The summed E-state index contributed by atoms with van der Waals surface area (Å²) in [6.45, 7) is 3.73. The van der Waals surface area contributed by atoms with Crippen LogP contribution in [0.25, 0.3) is 0 Å². The number of para-hydroxylation sites is 1. The lowest BCUT2D eigenvalue weighted by molar-refractivity contribution is -0.159. The van der Waals surface area contributed by atoms with E-state index < -0.39 is 11.6 Å². The molecule has 2 aliphatic heterocycles. The molecule has 30 heavy (non-hydrogen) atoms. The molecule has 1 atom stereocenters. The molecule has 9 nitrogen and oxygen atoms in total. The van der Waals surface area contributed by atoms with Crippen LogP contribution in [0.4, 0.5) is 5.69 Å². The van der Waals surface area contributed by atoms with Crippen molar-refractivity contribution in [1.82, 2.24) is 9.88 Å². The maximum Gasteiger partial charge on any atom is 0.354 e. The van der Waals surface area contributed by atoms with Gasteiger partial charge in [-0.15, -0.1) is 0 Å². The number of methoxy groups -OCH3 is 1. The van der Waals surface area contributed by atoms with Crippen molar-refractivity contribution in [3.8, 4) is 0 Å². The summed E-state index contributed by atoms with van der Waals surface area (Å²) in [5, 5.41) is 0. The van der Waals surface area contributed by atoms with Crippen molar-refractivity contribution in [3.63, 3.8) is 0 Å². The second-order valence-electron chi connectivity index (χ2n) is 7.34. The molecule has 1 aromatic carbocycles. The van der Waals surface area contributed by atoms with Crippen molar-refractivity contribution in [3.05, 3.63) is 47.2 Å². The summed E-state index contributed by atoms with van der Waals surface area (Å²) in [5.74, 6) is -0.372. The third-order valence-corrected chi connectivity index (χ3v) is 5.62. The Hall–Kier alpha value is -3.20. The molecule has 9 heteroatoms. The highest BCUT2D eigenvalue weighted by Gasteiger charge is 2.61. The van der Waals surface area contributed by atoms with Crippen LogP contribution in [-0.4, -0.2) is 53.6 Å². The number of hydrogen-bond acceptors (Lipinski definition) is 7. The Labute approximate surface area is 173 Å². The van der Waals surface area contributed by atoms with Crippen molar-refractivity contribution in [2.75, 3.05) is 25.2 Å². The number of oxazole rings is 1. The number of benzene rings is 1. The highest BCUT2D eigenvalue weighted by molar-refractivity contribution is 6.15. The minimum atomic E-state index is -1.56. The van der Waals surface area contributed by atoms with Gasteiger partial charge in [-0.2, -0.15) is 0 Å². The molecule has 0 saturated carbocycles. The Morgan fingerprint density at radius 3 is 2.73 bits per heavy atom. The Morgan fingerprint density at radius 1 is 1.27 bits per heavy atom. The van der Waals surface area contributed by atoms with Crippen molar-refractivity contribution in [1.29, 1.82) is 0 Å². The summed E-state index contributed by atoms with van der Waals surface area (Å²) >= 11 is 0. The number of aromatic nitrogens is 1. The van der Waals surface area contributed by atoms with Crippen LogP contribution in [0, 0.1) is 13.8 Å². The first-order valence-corrected chi connectivity index (χ1v) is 9.73. The van der Waals surface area contributed by atoms with E-state index in [2.05, 4.69) is 4.98 Å². The van der Waals surface area contributed by atoms with Gasteiger partial charge in [-0.3, -0.25) is 14.5 Å². The lowest BCUT2D eigenvalue weighted by atomic mass is 9.96. The zero-order valence-corrected chi connectivity index (χ0v) is 17.1. The quantitative estimate of drug-likeness (QED) is 0.667. The van der Waals surface area contributed by atoms with Gasteiger partial charge in [0.05, 0.1) is 23.6 Å². The number of anilines is 1. The molecule has 0 N–H and O–H groups in total. The second kappa shape index (κ2) is 7.56. The third-order valence-electron chi connectivity index (χ3n) is 5.62. The van der Waals surface area contributed by atoms with Crippen LogP contribution in [0.15, 0.2) is 28.7 Å². The van der Waals surface area contributed by atoms with Crippen molar-refractivity contribution in [2.45, 2.75) is 39.0 Å². The Bertz CT molecular complexity index is 996. The van der Waals surface area contributed by atoms with E-state index in [9.17, 15) is 14.4 Å². The summed E-state index contributed by atoms with van der Waals surface area (Å²) in [5.41, 5.74) is -0.0670. The zero-order chi connectivity index (χ0) is 21.5. The van der Waals surface area contributed by atoms with E-state index in [4.69, 9.17) is 13.9 Å². The topological polar surface area (TPSA) is 102 Å². The Kier molecular flexibility index (Phi) is 5.07. The average molecular weight is 413 g/mol. The first-order valence-electron chi connectivity index (χ1n) is 9.73. The molecule has 0 radical (unpaired) electrons. The highest BCUT2D eigenvalue weighted by Crippen LogP contribution is 2.45. The molecule has 1 unspecified atom stereocenters. The molecule has 0 spiro atoms. The summed E-state index contributed by atoms with van der Waals surface area (Å²) in [4.78, 5) is 46.6. The van der Waals surface area contributed by atoms with Gasteiger partial charge in [-0.25, -0.2) is 9.78 Å². The van der Waals surface area contributed by atoms with Crippen LogP contribution >= 0.6 is 0 Å². The summed E-state index contributed by atoms with van der Waals surface area (Å²) in [7, 11) is 1.51. The first kappa shape index (κ1) is 20.1. The largest absolute Gasteiger partial charge is 0.453 e. The van der Waals surface area contributed by atoms with E-state index >= 15 is 0 Å². The van der Waals surface area contributed by atoms with E-state index in [-0.39, 0.29) is 50.3 Å². The number of nitrogens with zero attached hydrogens (tertiary/aromatic N) is 3. The highest BCUT2D eigenvalue weighted by atomic mass is 16.5. The molecule has 1 aromatic heterocycles. The van der Waals surface area contributed by atoms with Gasteiger partial charge < -0.3 is 18.8 Å². The minimum Gasteiger partial charge on any atom is -0.453 e. The zero-order valence-electron chi connectivity index (χ0n) is 17.1. The normalized spacial score (nSPS) is 20.4. The summed E-state index contributed by atoms with van der Waals surface area (Å²) < 4.78 is 16.2. The van der Waals surface area contributed by atoms with Gasteiger partial charge in [0.1, 0.15) is 5.76 Å². The van der Waals surface area contributed by atoms with E-state index in [0.29, 0.717) is 22.7 Å². The SMILES string of the molecule is COCCN1C(=O)c2ccccc2N2C(=O)CCC12C(=O)OCc1nc(C)c(C)o1. The Morgan fingerprint density at radius 2 is 2.03 bits per heavy atom. The summed E-state index contributed by atoms with van der Waals surface area (Å²) in [6, 6.07) is 6.78. The molecule has 0 bridgehead atoms. The smallest absolute Gasteiger partial charge is 0.354 e. The van der Waals surface area contributed by atoms with E-state index in [1.165, 1.54) is 16.9 Å². The van der Waals surface area contributed by atoms with Crippen LogP contribution in [-0.2, 0) is 25.7 Å². The number of ether oxygens (including phenoxy) is 2. The predicted octanol–water partition coefficient (Wildman–Crippen LogP) is 1.96. The van der Waals surface area contributed by atoms with Crippen LogP contribution in [0.1, 0.15) is 40.5 Å². The number of fused-ring (bicyclic) bond motifs is 3. The van der Waals surface area contributed by atoms with Crippen LogP contribution in [0.5, 0.6) is 0 Å². The van der Waals surface area contributed by atoms with Crippen LogP contribution in [0.2, 0.25) is 0 Å². The number of carbonyl (C=O) groups is 3. The van der Waals surface area contributed by atoms with Gasteiger partial charge in [0.25, 0.3) is 5.91 Å². The van der Waals surface area contributed by atoms with Crippen molar-refractivity contribution < 1.29 is 28.3 Å². The lowest BCUT2D eigenvalue weighted by Crippen LogP contribution is -2.68. The fourth-order valence-electron chi connectivity index (χ4n) is 4.08. The standard InChI is InChI=1S/C21H23N3O6/c1-13-14(2)30-17(22-13)12-29-20(27)21-9-8-18(25)24(21)16-7-5-4-6-15(16)19(26)23(21)10-11-28-3/h4-7H,8-12H2,1-3H3. The summed E-state index contributed by atoms with van der Waals surface area (Å²) in [6.07, 6.45) is 0.259. The lowest BCUT2D eigenvalue weighted by Gasteiger charge is -2.48. The molecule has 1 saturated heterocycles. The van der Waals surface area contributed by atoms with Crippen molar-refractivity contribution in [2.24, 2.45) is 0 Å². The number of rotatable bonds is 6. The van der Waals surface area contributed by atoms with Crippen LogP contribution < -0.4 is 4.90 Å². The van der Waals surface area contributed by atoms with Gasteiger partial charge in [0, 0.05) is 26.5 Å². The van der Waals surface area contributed by atoms with Crippen LogP contribution in [0.3, 0.4) is 0 Å². The molecular weight excluding hydrogens is 390 g/mol. The number of aryl methyl sites for hydroxylation is 2. The molecule has 2 aliphatic rings. The number of hydrogen-bond donors (Lipinski definition) is 0. The third kappa shape index (κ3) is 2.97. The van der Waals surface area contributed by atoms with Gasteiger partial charge >= 0.3 is 5.97 Å². The molecule has 1 fully saturated rings. The van der Waals surface area contributed by atoms with E-state index in [1.54, 1.807) is 38.1 Å². The fraction of sp³-hybridized carbons (Fsp3) is 0.429. The molecular formula is C21H23N3O6. The number of esters is 1. The number of carbonyl (C=O) groups excluding carboxylic acids is 3. The van der Waals surface area contributed by atoms with Gasteiger partial charge in [0.15, 0.2) is 6.61 Å². The van der Waals surface area contributed by atoms with Gasteiger partial charge in [0.2, 0.25) is 17.5 Å². The van der Waals surface area contributed by atoms with Gasteiger partial charge in [-0.05, 0) is 26.0 Å². The molecule has 3 heterocycles. The molecule has 158 valence electrons. The molecule has 2 amide bonds. The molecule has 0 aliphatic carbocycles. The second-order valence-corrected chi connectivity index (χ2v) is 7.34. The molecule has 4 rings (SSSR count). The maximum absolute atomic E-state index is 13.4. The predicted molar refractivity (Wildman–Crippen MR) is 105 cm³/mol. The minimum absolute atomic E-state index is 0.122. The fourth-order valence-corrected chi connectivity index (χ4v) is 4.08. The maximum atomic E-state index is 13.4. The van der Waals surface area contributed by atoms with E-state index in [0.717, 1.165) is 0 Å². The van der Waals surface area contributed by atoms with Crippen molar-refractivity contribution >= 4 is 23.5 Å². The number of amides is 2. The van der Waals surface area contributed by atoms with E-state index in [1.807, 2.05) is 0 Å². The first-order chi connectivity index (χ1) is 14.4. The monoisotopic (exact) mass is 413 g/mol. The molecule has 2 aromatic rings.